The van der Waals surface area contributed by atoms with Crippen molar-refractivity contribution in [1.82, 2.24) is 15.2 Å². The number of carbonyl (C=O) groups is 2. The summed E-state index contributed by atoms with van der Waals surface area (Å²) in [5.74, 6) is 1.27. The highest BCUT2D eigenvalue weighted by Gasteiger charge is 2.67. The molecule has 3 fully saturated rings. The molecule has 1 aliphatic carbocycles. The van der Waals surface area contributed by atoms with Crippen molar-refractivity contribution < 1.29 is 23.8 Å². The van der Waals surface area contributed by atoms with Gasteiger partial charge in [-0.25, -0.2) is 9.78 Å². The van der Waals surface area contributed by atoms with Gasteiger partial charge in [-0.15, -0.1) is 0 Å². The Balaban J connectivity index is 0.957. The van der Waals surface area contributed by atoms with Gasteiger partial charge in [-0.3, -0.25) is 9.69 Å². The van der Waals surface area contributed by atoms with Crippen molar-refractivity contribution in [3.8, 4) is 17.6 Å². The molecule has 6 rings (SSSR count). The number of pyridine rings is 1. The fourth-order valence-corrected chi connectivity index (χ4v) is 7.92. The molecule has 3 aliphatic rings. The second-order valence-corrected chi connectivity index (χ2v) is 15.1. The molecule has 2 aromatic carbocycles. The average molecular weight is 695 g/mol. The molecule has 3 aromatic rings. The Morgan fingerprint density at radius 3 is 2.16 bits per heavy atom. The van der Waals surface area contributed by atoms with Crippen LogP contribution in [0.25, 0.3) is 0 Å². The number of anilines is 2. The van der Waals surface area contributed by atoms with Gasteiger partial charge < -0.3 is 29.3 Å². The molecule has 3 heterocycles. The van der Waals surface area contributed by atoms with E-state index in [0.717, 1.165) is 70.0 Å². The number of nitriles is 1. The van der Waals surface area contributed by atoms with E-state index in [9.17, 15) is 14.9 Å². The van der Waals surface area contributed by atoms with Gasteiger partial charge in [0.2, 0.25) is 0 Å². The van der Waals surface area contributed by atoms with E-state index in [1.54, 1.807) is 37.6 Å². The van der Waals surface area contributed by atoms with Crippen molar-refractivity contribution in [1.29, 1.82) is 5.26 Å². The van der Waals surface area contributed by atoms with E-state index < -0.39 is 17.1 Å². The fraction of sp³-hybridized carbons (Fsp3) is 0.500. The first-order valence-corrected chi connectivity index (χ1v) is 17.8. The van der Waals surface area contributed by atoms with Gasteiger partial charge in [0.15, 0.2) is 0 Å². The summed E-state index contributed by atoms with van der Waals surface area (Å²) in [5, 5.41) is 12.6. The number of rotatable bonds is 10. The maximum absolute atomic E-state index is 13.5. The lowest BCUT2D eigenvalue weighted by atomic mass is 9.48. The van der Waals surface area contributed by atoms with E-state index in [1.807, 2.05) is 18.2 Å². The Morgan fingerprint density at radius 1 is 0.902 bits per heavy atom. The number of piperazine rings is 1. The highest BCUT2D eigenvalue weighted by molar-refractivity contribution is 5.95. The molecule has 51 heavy (non-hydrogen) atoms. The molecular formula is C40H50N6O5. The highest BCUT2D eigenvalue weighted by atomic mass is 16.5. The number of amides is 1. The number of piperidine rings is 1. The highest BCUT2D eigenvalue weighted by Crippen LogP contribution is 2.58. The Morgan fingerprint density at radius 2 is 1.57 bits per heavy atom. The maximum Gasteiger partial charge on any atom is 0.356 e. The first-order valence-electron chi connectivity index (χ1n) is 17.8. The number of aromatic nitrogens is 1. The molecule has 0 spiro atoms. The zero-order valence-corrected chi connectivity index (χ0v) is 30.7. The minimum Gasteiger partial charge on any atom is -0.495 e. The first kappa shape index (κ1) is 36.0. The van der Waals surface area contributed by atoms with Crippen LogP contribution in [0.3, 0.4) is 0 Å². The monoisotopic (exact) mass is 694 g/mol. The first-order chi connectivity index (χ1) is 24.4. The lowest BCUT2D eigenvalue weighted by Gasteiger charge is -2.65. The second kappa shape index (κ2) is 14.4. The number of carbonyl (C=O) groups excluding carboxylic acids is 2. The van der Waals surface area contributed by atoms with Gasteiger partial charge in [-0.1, -0.05) is 13.8 Å². The van der Waals surface area contributed by atoms with E-state index in [-0.39, 0.29) is 11.3 Å². The molecule has 0 bridgehead atoms. The predicted octanol–water partition coefficient (Wildman–Crippen LogP) is 5.54. The second-order valence-electron chi connectivity index (χ2n) is 15.1. The summed E-state index contributed by atoms with van der Waals surface area (Å²) < 4.78 is 16.6. The minimum atomic E-state index is -0.531. The van der Waals surface area contributed by atoms with Gasteiger partial charge in [0.05, 0.1) is 37.2 Å². The number of methoxy groups -OCH3 is 2. The van der Waals surface area contributed by atoms with Gasteiger partial charge in [0, 0.05) is 75.0 Å². The SMILES string of the molecule is COC(=O)c1ccc(N2CCN(CC3CCN(c4ccc(C(=O)NC5(C)CC(C)(Oc6ccc(C#N)c(OC)c6)C5(C)C)cc4)CC3)CC2)cn1. The van der Waals surface area contributed by atoms with Crippen LogP contribution >= 0.6 is 0 Å². The van der Waals surface area contributed by atoms with Crippen LogP contribution in [0, 0.1) is 22.7 Å². The van der Waals surface area contributed by atoms with Crippen molar-refractivity contribution in [2.24, 2.45) is 11.3 Å². The quantitative estimate of drug-likeness (QED) is 0.271. The van der Waals surface area contributed by atoms with Crippen molar-refractivity contribution in [3.05, 3.63) is 77.6 Å². The molecule has 1 amide bonds. The number of hydrogen-bond acceptors (Lipinski definition) is 10. The van der Waals surface area contributed by atoms with Crippen molar-refractivity contribution in [2.75, 3.05) is 69.8 Å². The zero-order chi connectivity index (χ0) is 36.4. The Hall–Kier alpha value is -4.82. The predicted molar refractivity (Wildman–Crippen MR) is 197 cm³/mol. The van der Waals surface area contributed by atoms with E-state index in [2.05, 4.69) is 70.9 Å². The molecule has 1 saturated carbocycles. The van der Waals surface area contributed by atoms with Crippen molar-refractivity contribution in [2.45, 2.75) is 58.1 Å². The van der Waals surface area contributed by atoms with Crippen LogP contribution in [0.1, 0.15) is 73.4 Å². The molecule has 2 unspecified atom stereocenters. The normalized spacial score (nSPS) is 23.5. The number of nitrogens with zero attached hydrogens (tertiary/aromatic N) is 5. The van der Waals surface area contributed by atoms with Gasteiger partial charge >= 0.3 is 5.97 Å². The van der Waals surface area contributed by atoms with Gasteiger partial charge in [0.25, 0.3) is 5.91 Å². The number of benzene rings is 2. The molecule has 0 radical (unpaired) electrons. The summed E-state index contributed by atoms with van der Waals surface area (Å²) in [4.78, 5) is 36.8. The van der Waals surface area contributed by atoms with Crippen LogP contribution < -0.4 is 24.6 Å². The maximum atomic E-state index is 13.5. The van der Waals surface area contributed by atoms with Crippen LogP contribution in [0.15, 0.2) is 60.8 Å². The van der Waals surface area contributed by atoms with Crippen LogP contribution in [0.4, 0.5) is 11.4 Å². The third-order valence-corrected chi connectivity index (χ3v) is 11.9. The number of esters is 1. The average Bonchev–Trinajstić information content (AvgIpc) is 3.15. The van der Waals surface area contributed by atoms with E-state index >= 15 is 0 Å². The topological polar surface area (TPSA) is 120 Å². The van der Waals surface area contributed by atoms with Gasteiger partial charge in [0.1, 0.15) is 28.9 Å². The molecule has 270 valence electrons. The molecule has 2 aliphatic heterocycles. The lowest BCUT2D eigenvalue weighted by Crippen LogP contribution is -2.77. The summed E-state index contributed by atoms with van der Waals surface area (Å²) in [5.41, 5.74) is 2.23. The van der Waals surface area contributed by atoms with Crippen molar-refractivity contribution >= 4 is 23.3 Å². The zero-order valence-electron chi connectivity index (χ0n) is 30.7. The third kappa shape index (κ3) is 7.20. The largest absolute Gasteiger partial charge is 0.495 e. The summed E-state index contributed by atoms with van der Waals surface area (Å²) in [6, 6.07) is 19.1. The molecule has 2 atom stereocenters. The Bertz CT molecular complexity index is 1760. The number of hydrogen-bond donors (Lipinski definition) is 1. The minimum absolute atomic E-state index is 0.0903. The van der Waals surface area contributed by atoms with Crippen LogP contribution in [-0.4, -0.2) is 92.9 Å². The van der Waals surface area contributed by atoms with Crippen LogP contribution in [0.5, 0.6) is 11.5 Å². The third-order valence-electron chi connectivity index (χ3n) is 11.9. The van der Waals surface area contributed by atoms with Gasteiger partial charge in [-0.2, -0.15) is 5.26 Å². The number of nitrogens with one attached hydrogen (secondary N) is 1. The van der Waals surface area contributed by atoms with Crippen molar-refractivity contribution in [3.63, 3.8) is 0 Å². The molecule has 1 N–H and O–H groups in total. The van der Waals surface area contributed by atoms with Gasteiger partial charge in [-0.05, 0) is 81.1 Å². The summed E-state index contributed by atoms with van der Waals surface area (Å²) in [6.07, 6.45) is 4.68. The summed E-state index contributed by atoms with van der Waals surface area (Å²) >= 11 is 0. The van der Waals surface area contributed by atoms with Crippen LogP contribution in [0.2, 0.25) is 0 Å². The molecule has 1 aromatic heterocycles. The smallest absolute Gasteiger partial charge is 0.356 e. The summed E-state index contributed by atoms with van der Waals surface area (Å²) in [6.45, 7) is 15.4. The lowest BCUT2D eigenvalue weighted by molar-refractivity contribution is -0.180. The molecule has 2 saturated heterocycles. The van der Waals surface area contributed by atoms with E-state index in [1.165, 1.54) is 7.11 Å². The van der Waals surface area contributed by atoms with E-state index in [0.29, 0.717) is 40.7 Å². The standard InChI is InChI=1S/C40H50N6O5/c1-38(2)39(3,27-40(38,4)51-33-13-9-30(24-41)35(23-33)49-5)43-36(47)29-7-10-31(11-8-29)45-17-15-28(16-18-45)26-44-19-21-46(22-20-44)32-12-14-34(42-25-32)37(48)50-6/h7-14,23,25,28H,15-22,26-27H2,1-6H3,(H,43,47). The fourth-order valence-electron chi connectivity index (χ4n) is 7.92. The number of ether oxygens (including phenoxy) is 3. The molecule has 11 nitrogen and oxygen atoms in total. The van der Waals surface area contributed by atoms with E-state index in [4.69, 9.17) is 14.2 Å². The summed E-state index contributed by atoms with van der Waals surface area (Å²) in [7, 11) is 2.91. The Labute approximate surface area is 301 Å². The Kier molecular flexibility index (Phi) is 10.2. The molecular weight excluding hydrogens is 644 g/mol. The van der Waals surface area contributed by atoms with Crippen LogP contribution in [-0.2, 0) is 4.74 Å². The molecule has 11 heteroatoms.